The number of rotatable bonds is 4. The van der Waals surface area contributed by atoms with Crippen LogP contribution in [0.5, 0.6) is 0 Å². The standard InChI is InChI=1S/C13H17IN4/c1-9-7-10(18(2)17-9)8-13(16-15)11-5-3-4-6-12(11)14/h3-7,13,16H,8,15H2,1-2H3. The summed E-state index contributed by atoms with van der Waals surface area (Å²) in [6.07, 6.45) is 0.827. The Hall–Kier alpha value is -0.920. The Labute approximate surface area is 121 Å². The minimum atomic E-state index is 0.105. The molecule has 1 atom stereocenters. The molecule has 1 aromatic carbocycles. The van der Waals surface area contributed by atoms with Gasteiger partial charge >= 0.3 is 0 Å². The number of benzene rings is 1. The molecule has 1 heterocycles. The fraction of sp³-hybridized carbons (Fsp3) is 0.308. The molecule has 1 unspecified atom stereocenters. The molecule has 0 amide bonds. The Bertz CT molecular complexity index is 536. The third kappa shape index (κ3) is 2.90. The summed E-state index contributed by atoms with van der Waals surface area (Å²) in [7, 11) is 1.96. The molecule has 4 nitrogen and oxygen atoms in total. The van der Waals surface area contributed by atoms with E-state index in [4.69, 9.17) is 5.84 Å². The lowest BCUT2D eigenvalue weighted by Crippen LogP contribution is -2.30. The fourth-order valence-corrected chi connectivity index (χ4v) is 2.84. The number of nitrogens with zero attached hydrogens (tertiary/aromatic N) is 2. The first kappa shape index (κ1) is 13.5. The van der Waals surface area contributed by atoms with Crippen LogP contribution in [0.25, 0.3) is 0 Å². The molecule has 0 saturated carbocycles. The van der Waals surface area contributed by atoms with Crippen molar-refractivity contribution in [3.05, 3.63) is 50.9 Å². The van der Waals surface area contributed by atoms with Crippen LogP contribution < -0.4 is 11.3 Å². The van der Waals surface area contributed by atoms with Crippen LogP contribution in [0.4, 0.5) is 0 Å². The summed E-state index contributed by atoms with van der Waals surface area (Å²) in [5, 5.41) is 4.36. The summed E-state index contributed by atoms with van der Waals surface area (Å²) in [6.45, 7) is 2.00. The third-order valence-corrected chi connectivity index (χ3v) is 3.98. The Morgan fingerprint density at radius 1 is 1.44 bits per heavy atom. The van der Waals surface area contributed by atoms with Crippen LogP contribution in [-0.2, 0) is 13.5 Å². The van der Waals surface area contributed by atoms with Gasteiger partial charge in [0.1, 0.15) is 0 Å². The zero-order valence-electron chi connectivity index (χ0n) is 10.5. The molecule has 2 rings (SSSR count). The first-order valence-electron chi connectivity index (χ1n) is 5.82. The average molecular weight is 356 g/mol. The van der Waals surface area contributed by atoms with Crippen LogP contribution in [0, 0.1) is 10.5 Å². The molecule has 96 valence electrons. The lowest BCUT2D eigenvalue weighted by Gasteiger charge is -2.17. The van der Waals surface area contributed by atoms with Crippen LogP contribution in [-0.4, -0.2) is 9.78 Å². The van der Waals surface area contributed by atoms with Crippen molar-refractivity contribution in [3.63, 3.8) is 0 Å². The van der Waals surface area contributed by atoms with E-state index in [0.717, 1.165) is 12.1 Å². The maximum atomic E-state index is 5.70. The highest BCUT2D eigenvalue weighted by atomic mass is 127. The number of halogens is 1. The van der Waals surface area contributed by atoms with Crippen molar-refractivity contribution in [1.29, 1.82) is 0 Å². The fourth-order valence-electron chi connectivity index (χ4n) is 2.08. The molecule has 5 heteroatoms. The largest absolute Gasteiger partial charge is 0.272 e. The smallest absolute Gasteiger partial charge is 0.0596 e. The lowest BCUT2D eigenvalue weighted by atomic mass is 10.0. The van der Waals surface area contributed by atoms with Crippen molar-refractivity contribution >= 4 is 22.6 Å². The summed E-state index contributed by atoms with van der Waals surface area (Å²) in [6, 6.07) is 10.5. The van der Waals surface area contributed by atoms with E-state index in [1.165, 1.54) is 14.8 Å². The van der Waals surface area contributed by atoms with Gasteiger partial charge in [-0.3, -0.25) is 16.0 Å². The highest BCUT2D eigenvalue weighted by Crippen LogP contribution is 2.22. The van der Waals surface area contributed by atoms with Gasteiger partial charge in [0.05, 0.1) is 11.7 Å². The van der Waals surface area contributed by atoms with Crippen molar-refractivity contribution in [3.8, 4) is 0 Å². The van der Waals surface area contributed by atoms with Gasteiger partial charge in [0.2, 0.25) is 0 Å². The molecule has 1 aromatic heterocycles. The van der Waals surface area contributed by atoms with E-state index < -0.39 is 0 Å². The van der Waals surface area contributed by atoms with Crippen molar-refractivity contribution in [1.82, 2.24) is 15.2 Å². The van der Waals surface area contributed by atoms with Gasteiger partial charge in [0, 0.05) is 22.7 Å². The summed E-state index contributed by atoms with van der Waals surface area (Å²) in [4.78, 5) is 0. The molecule has 3 N–H and O–H groups in total. The van der Waals surface area contributed by atoms with Crippen LogP contribution >= 0.6 is 22.6 Å². The molecular formula is C13H17IN4. The molecule has 0 aliphatic carbocycles. The Morgan fingerprint density at radius 3 is 2.72 bits per heavy atom. The number of hydrogen-bond donors (Lipinski definition) is 2. The first-order valence-corrected chi connectivity index (χ1v) is 6.89. The van der Waals surface area contributed by atoms with Crippen molar-refractivity contribution < 1.29 is 0 Å². The predicted octanol–water partition coefficient (Wildman–Crippen LogP) is 2.08. The number of aryl methyl sites for hydroxylation is 2. The normalized spacial score (nSPS) is 12.7. The van der Waals surface area contributed by atoms with Gasteiger partial charge in [0.15, 0.2) is 0 Å². The van der Waals surface area contributed by atoms with E-state index >= 15 is 0 Å². The van der Waals surface area contributed by atoms with Crippen LogP contribution in [0.2, 0.25) is 0 Å². The highest BCUT2D eigenvalue weighted by molar-refractivity contribution is 14.1. The molecule has 0 radical (unpaired) electrons. The number of hydrogen-bond acceptors (Lipinski definition) is 3. The molecule has 0 bridgehead atoms. The van der Waals surface area contributed by atoms with Crippen LogP contribution in [0.1, 0.15) is 23.0 Å². The Morgan fingerprint density at radius 2 is 2.17 bits per heavy atom. The average Bonchev–Trinajstić information content (AvgIpc) is 2.66. The molecule has 0 spiro atoms. The number of hydrazine groups is 1. The summed E-state index contributed by atoms with van der Waals surface area (Å²) in [5.74, 6) is 5.70. The highest BCUT2D eigenvalue weighted by Gasteiger charge is 2.15. The van der Waals surface area contributed by atoms with Crippen LogP contribution in [0.15, 0.2) is 30.3 Å². The number of aromatic nitrogens is 2. The van der Waals surface area contributed by atoms with Gasteiger partial charge < -0.3 is 0 Å². The van der Waals surface area contributed by atoms with Crippen molar-refractivity contribution in [2.75, 3.05) is 0 Å². The lowest BCUT2D eigenvalue weighted by molar-refractivity contribution is 0.528. The summed E-state index contributed by atoms with van der Waals surface area (Å²) in [5.41, 5.74) is 6.33. The minimum absolute atomic E-state index is 0.105. The molecule has 18 heavy (non-hydrogen) atoms. The Balaban J connectivity index is 2.25. The van der Waals surface area contributed by atoms with Gasteiger partial charge in [0.25, 0.3) is 0 Å². The van der Waals surface area contributed by atoms with Gasteiger partial charge in [-0.25, -0.2) is 0 Å². The maximum absolute atomic E-state index is 5.70. The third-order valence-electron chi connectivity index (χ3n) is 2.99. The SMILES string of the molecule is Cc1cc(CC(NN)c2ccccc2I)n(C)n1. The van der Waals surface area contributed by atoms with E-state index in [9.17, 15) is 0 Å². The van der Waals surface area contributed by atoms with Crippen molar-refractivity contribution in [2.24, 2.45) is 12.9 Å². The van der Waals surface area contributed by atoms with Gasteiger partial charge in [-0.15, -0.1) is 0 Å². The zero-order chi connectivity index (χ0) is 13.1. The van der Waals surface area contributed by atoms with E-state index in [-0.39, 0.29) is 6.04 Å². The van der Waals surface area contributed by atoms with Crippen molar-refractivity contribution in [2.45, 2.75) is 19.4 Å². The molecule has 0 saturated heterocycles. The zero-order valence-corrected chi connectivity index (χ0v) is 12.7. The van der Waals surface area contributed by atoms with Crippen LogP contribution in [0.3, 0.4) is 0 Å². The number of nitrogens with one attached hydrogen (secondary N) is 1. The second-order valence-corrected chi connectivity index (χ2v) is 5.51. The Kier molecular flexibility index (Phi) is 4.36. The quantitative estimate of drug-likeness (QED) is 0.501. The van der Waals surface area contributed by atoms with Gasteiger partial charge in [-0.1, -0.05) is 18.2 Å². The second-order valence-electron chi connectivity index (χ2n) is 4.35. The van der Waals surface area contributed by atoms with E-state index in [1.807, 2.05) is 30.8 Å². The second kappa shape index (κ2) is 5.81. The molecular weight excluding hydrogens is 339 g/mol. The molecule has 2 aromatic rings. The molecule has 0 fully saturated rings. The summed E-state index contributed by atoms with van der Waals surface area (Å²) < 4.78 is 3.13. The maximum Gasteiger partial charge on any atom is 0.0596 e. The molecule has 0 aliphatic rings. The van der Waals surface area contributed by atoms with E-state index in [1.54, 1.807) is 0 Å². The van der Waals surface area contributed by atoms with E-state index in [2.05, 4.69) is 51.3 Å². The topological polar surface area (TPSA) is 55.9 Å². The first-order chi connectivity index (χ1) is 8.61. The minimum Gasteiger partial charge on any atom is -0.272 e. The van der Waals surface area contributed by atoms with Gasteiger partial charge in [-0.2, -0.15) is 5.10 Å². The predicted molar refractivity (Wildman–Crippen MR) is 80.9 cm³/mol. The van der Waals surface area contributed by atoms with Gasteiger partial charge in [-0.05, 0) is 47.2 Å². The molecule has 0 aliphatic heterocycles. The summed E-state index contributed by atoms with van der Waals surface area (Å²) >= 11 is 2.34. The van der Waals surface area contributed by atoms with E-state index in [0.29, 0.717) is 0 Å². The monoisotopic (exact) mass is 356 g/mol. The number of nitrogens with two attached hydrogens (primary N) is 1.